The standard InChI is InChI=1S/C27H24N6O2/c28-16-17-7-4-8-18(15-17)21-12-6-14-23(30-21)26(35)33-27-31-22-13-5-11-20(24(22)32-27)25(34)29-19-9-2-1-3-10-19/h4-8,11-15,19H,1-3,9-10H2,(H,29,34)(H2,31,32,33,35). The number of aromatic amines is 1. The van der Waals surface area contributed by atoms with Crippen molar-refractivity contribution in [1.29, 1.82) is 5.26 Å². The van der Waals surface area contributed by atoms with Gasteiger partial charge >= 0.3 is 0 Å². The van der Waals surface area contributed by atoms with Crippen molar-refractivity contribution in [3.63, 3.8) is 0 Å². The Bertz CT molecular complexity index is 1450. The number of rotatable bonds is 5. The number of aromatic nitrogens is 3. The number of carbonyl (C=O) groups is 2. The lowest BCUT2D eigenvalue weighted by Gasteiger charge is -2.22. The molecule has 2 aromatic carbocycles. The molecule has 174 valence electrons. The molecule has 2 aromatic heterocycles. The van der Waals surface area contributed by atoms with Crippen LogP contribution in [0, 0.1) is 11.3 Å². The van der Waals surface area contributed by atoms with Crippen molar-refractivity contribution in [2.24, 2.45) is 0 Å². The van der Waals surface area contributed by atoms with Crippen molar-refractivity contribution in [2.75, 3.05) is 5.32 Å². The number of benzene rings is 2. The second-order valence-electron chi connectivity index (χ2n) is 8.65. The highest BCUT2D eigenvalue weighted by Crippen LogP contribution is 2.22. The summed E-state index contributed by atoms with van der Waals surface area (Å²) in [6.45, 7) is 0. The summed E-state index contributed by atoms with van der Waals surface area (Å²) in [5.74, 6) is -0.349. The van der Waals surface area contributed by atoms with Crippen LogP contribution < -0.4 is 10.6 Å². The van der Waals surface area contributed by atoms with Gasteiger partial charge in [-0.15, -0.1) is 0 Å². The minimum Gasteiger partial charge on any atom is -0.349 e. The minimum atomic E-state index is -0.435. The number of anilines is 1. The maximum atomic E-state index is 12.9. The van der Waals surface area contributed by atoms with Gasteiger partial charge in [-0.05, 0) is 49.2 Å². The monoisotopic (exact) mass is 464 g/mol. The first kappa shape index (κ1) is 22.3. The zero-order valence-electron chi connectivity index (χ0n) is 19.0. The Morgan fingerprint density at radius 1 is 0.943 bits per heavy atom. The Balaban J connectivity index is 1.35. The van der Waals surface area contributed by atoms with E-state index in [0.29, 0.717) is 27.9 Å². The highest BCUT2D eigenvalue weighted by atomic mass is 16.2. The summed E-state index contributed by atoms with van der Waals surface area (Å²) >= 11 is 0. The van der Waals surface area contributed by atoms with Crippen LogP contribution >= 0.6 is 0 Å². The first-order chi connectivity index (χ1) is 17.1. The normalized spacial score (nSPS) is 13.8. The molecule has 0 atom stereocenters. The van der Waals surface area contributed by atoms with Crippen LogP contribution in [0.3, 0.4) is 0 Å². The number of amides is 2. The van der Waals surface area contributed by atoms with Crippen molar-refractivity contribution in [1.82, 2.24) is 20.3 Å². The van der Waals surface area contributed by atoms with Crippen LogP contribution in [0.4, 0.5) is 5.95 Å². The molecule has 1 aliphatic rings. The van der Waals surface area contributed by atoms with E-state index < -0.39 is 5.91 Å². The number of nitrogens with zero attached hydrogens (tertiary/aromatic N) is 3. The van der Waals surface area contributed by atoms with E-state index in [2.05, 4.69) is 31.7 Å². The van der Waals surface area contributed by atoms with E-state index in [-0.39, 0.29) is 23.6 Å². The SMILES string of the molecule is N#Cc1cccc(-c2cccc(C(=O)Nc3nc4c(C(=O)NC5CCCCC5)cccc4[nH]3)n2)c1. The lowest BCUT2D eigenvalue weighted by Crippen LogP contribution is -2.36. The third-order valence-electron chi connectivity index (χ3n) is 6.20. The van der Waals surface area contributed by atoms with Gasteiger partial charge in [-0.3, -0.25) is 14.9 Å². The molecule has 5 rings (SSSR count). The second kappa shape index (κ2) is 9.77. The van der Waals surface area contributed by atoms with E-state index in [0.717, 1.165) is 31.2 Å². The van der Waals surface area contributed by atoms with E-state index in [1.165, 1.54) is 6.42 Å². The summed E-state index contributed by atoms with van der Waals surface area (Å²) in [6.07, 6.45) is 5.47. The quantitative estimate of drug-likeness (QED) is 0.391. The number of hydrogen-bond acceptors (Lipinski definition) is 5. The summed E-state index contributed by atoms with van der Waals surface area (Å²) < 4.78 is 0. The van der Waals surface area contributed by atoms with Gasteiger partial charge in [0.1, 0.15) is 11.2 Å². The Hall–Kier alpha value is -4.51. The zero-order chi connectivity index (χ0) is 24.2. The van der Waals surface area contributed by atoms with E-state index in [4.69, 9.17) is 5.26 Å². The average Bonchev–Trinajstić information content (AvgIpc) is 3.31. The van der Waals surface area contributed by atoms with Gasteiger partial charge in [-0.1, -0.05) is 43.5 Å². The topological polar surface area (TPSA) is 124 Å². The second-order valence-corrected chi connectivity index (χ2v) is 8.65. The molecule has 3 N–H and O–H groups in total. The van der Waals surface area contributed by atoms with Gasteiger partial charge in [0.2, 0.25) is 5.95 Å². The third kappa shape index (κ3) is 4.89. The molecule has 1 aliphatic carbocycles. The number of H-pyrrole nitrogens is 1. The van der Waals surface area contributed by atoms with Crippen LogP contribution in [0.15, 0.2) is 60.7 Å². The number of hydrogen-bond donors (Lipinski definition) is 3. The number of pyridine rings is 1. The summed E-state index contributed by atoms with van der Waals surface area (Å²) in [7, 11) is 0. The highest BCUT2D eigenvalue weighted by molar-refractivity contribution is 6.07. The molecule has 0 unspecified atom stereocenters. The van der Waals surface area contributed by atoms with Gasteiger partial charge in [-0.25, -0.2) is 9.97 Å². The van der Waals surface area contributed by atoms with E-state index in [9.17, 15) is 9.59 Å². The van der Waals surface area contributed by atoms with Gasteiger partial charge in [0.15, 0.2) is 0 Å². The van der Waals surface area contributed by atoms with Crippen molar-refractivity contribution in [3.05, 3.63) is 77.5 Å². The molecule has 35 heavy (non-hydrogen) atoms. The van der Waals surface area contributed by atoms with Gasteiger partial charge in [0.25, 0.3) is 11.8 Å². The van der Waals surface area contributed by atoms with Crippen LogP contribution in [-0.4, -0.2) is 32.8 Å². The highest BCUT2D eigenvalue weighted by Gasteiger charge is 2.20. The summed E-state index contributed by atoms with van der Waals surface area (Å²) in [4.78, 5) is 37.8. The molecule has 0 aliphatic heterocycles. The number of nitrogens with one attached hydrogen (secondary N) is 3. The summed E-state index contributed by atoms with van der Waals surface area (Å²) in [5, 5.41) is 15.0. The van der Waals surface area contributed by atoms with E-state index in [1.54, 1.807) is 48.5 Å². The van der Waals surface area contributed by atoms with Gasteiger partial charge in [0.05, 0.1) is 28.4 Å². The fourth-order valence-electron chi connectivity index (χ4n) is 4.43. The van der Waals surface area contributed by atoms with Crippen LogP contribution in [0.25, 0.3) is 22.3 Å². The fraction of sp³-hybridized carbons (Fsp3) is 0.222. The molecule has 8 heteroatoms. The maximum absolute atomic E-state index is 12.9. The first-order valence-corrected chi connectivity index (χ1v) is 11.7. The van der Waals surface area contributed by atoms with E-state index in [1.807, 2.05) is 12.1 Å². The molecule has 1 saturated carbocycles. The number of carbonyl (C=O) groups excluding carboxylic acids is 2. The van der Waals surface area contributed by atoms with Gasteiger partial charge in [-0.2, -0.15) is 5.26 Å². The fourth-order valence-corrected chi connectivity index (χ4v) is 4.43. The predicted molar refractivity (Wildman–Crippen MR) is 133 cm³/mol. The Morgan fingerprint density at radius 3 is 2.57 bits per heavy atom. The minimum absolute atomic E-state index is 0.152. The molecule has 0 bridgehead atoms. The summed E-state index contributed by atoms with van der Waals surface area (Å²) in [6, 6.07) is 19.8. The Labute approximate surface area is 202 Å². The van der Waals surface area contributed by atoms with Crippen LogP contribution in [0.5, 0.6) is 0 Å². The number of imidazole rings is 1. The lowest BCUT2D eigenvalue weighted by molar-refractivity contribution is 0.0928. The Kier molecular flexibility index (Phi) is 6.22. The average molecular weight is 465 g/mol. The zero-order valence-corrected chi connectivity index (χ0v) is 19.0. The molecule has 0 spiro atoms. The molecule has 8 nitrogen and oxygen atoms in total. The molecule has 0 radical (unpaired) electrons. The molecule has 1 fully saturated rings. The predicted octanol–water partition coefficient (Wildman–Crippen LogP) is 4.81. The van der Waals surface area contributed by atoms with Crippen LogP contribution in [0.2, 0.25) is 0 Å². The maximum Gasteiger partial charge on any atom is 0.276 e. The molecular formula is C27H24N6O2. The van der Waals surface area contributed by atoms with Gasteiger partial charge in [0, 0.05) is 11.6 Å². The number of nitriles is 1. The van der Waals surface area contributed by atoms with Crippen LogP contribution in [0.1, 0.15) is 58.5 Å². The van der Waals surface area contributed by atoms with Crippen molar-refractivity contribution in [3.8, 4) is 17.3 Å². The molecular weight excluding hydrogens is 440 g/mol. The molecule has 0 saturated heterocycles. The number of para-hydroxylation sites is 1. The molecule has 2 heterocycles. The first-order valence-electron chi connectivity index (χ1n) is 11.7. The largest absolute Gasteiger partial charge is 0.349 e. The molecule has 2 amide bonds. The van der Waals surface area contributed by atoms with Crippen LogP contribution in [-0.2, 0) is 0 Å². The molecule has 4 aromatic rings. The lowest BCUT2D eigenvalue weighted by atomic mass is 9.95. The number of fused-ring (bicyclic) bond motifs is 1. The third-order valence-corrected chi connectivity index (χ3v) is 6.20. The van der Waals surface area contributed by atoms with E-state index >= 15 is 0 Å². The van der Waals surface area contributed by atoms with Crippen molar-refractivity contribution in [2.45, 2.75) is 38.1 Å². The Morgan fingerprint density at radius 2 is 1.74 bits per heavy atom. The van der Waals surface area contributed by atoms with Gasteiger partial charge < -0.3 is 10.3 Å². The summed E-state index contributed by atoms with van der Waals surface area (Å²) in [5.41, 5.74) is 3.70. The van der Waals surface area contributed by atoms with Crippen molar-refractivity contribution >= 4 is 28.8 Å². The smallest absolute Gasteiger partial charge is 0.276 e. The van der Waals surface area contributed by atoms with Crippen molar-refractivity contribution < 1.29 is 9.59 Å².